The van der Waals surface area contributed by atoms with E-state index < -0.39 is 0 Å². The van der Waals surface area contributed by atoms with Gasteiger partial charge in [-0.05, 0) is 18.3 Å². The third-order valence-electron chi connectivity index (χ3n) is 2.94. The molecule has 2 N–H and O–H groups in total. The Morgan fingerprint density at radius 3 is 2.94 bits per heavy atom. The normalized spacial score (nSPS) is 19.8. The summed E-state index contributed by atoms with van der Waals surface area (Å²) < 4.78 is 0. The standard InChI is InChI=1S/C11H17ClN4/c1-11(2)4-3-5-16(7-11)9-8(12)6-14-10(13)15-9/h6H,3-5,7H2,1-2H3,(H2,13,14,15). The molecule has 1 saturated heterocycles. The zero-order valence-corrected chi connectivity index (χ0v) is 10.5. The average molecular weight is 241 g/mol. The molecule has 0 aromatic carbocycles. The van der Waals surface area contributed by atoms with Crippen molar-refractivity contribution in [3.8, 4) is 0 Å². The molecule has 1 fully saturated rings. The molecule has 0 spiro atoms. The van der Waals surface area contributed by atoms with Gasteiger partial charge >= 0.3 is 0 Å². The van der Waals surface area contributed by atoms with Crippen LogP contribution in [0.4, 0.5) is 11.8 Å². The van der Waals surface area contributed by atoms with E-state index in [1.807, 2.05) is 0 Å². The van der Waals surface area contributed by atoms with Crippen LogP contribution in [0.3, 0.4) is 0 Å². The topological polar surface area (TPSA) is 55.0 Å². The lowest BCUT2D eigenvalue weighted by Crippen LogP contribution is -2.40. The third kappa shape index (κ3) is 2.38. The van der Waals surface area contributed by atoms with E-state index in [0.29, 0.717) is 10.4 Å². The number of nitrogen functional groups attached to an aromatic ring is 1. The number of piperidine rings is 1. The van der Waals surface area contributed by atoms with Crippen molar-refractivity contribution in [3.63, 3.8) is 0 Å². The summed E-state index contributed by atoms with van der Waals surface area (Å²) in [6.45, 7) is 6.47. The molecule has 16 heavy (non-hydrogen) atoms. The van der Waals surface area contributed by atoms with Crippen LogP contribution in [0, 0.1) is 5.41 Å². The number of hydrogen-bond donors (Lipinski definition) is 1. The third-order valence-corrected chi connectivity index (χ3v) is 3.21. The van der Waals surface area contributed by atoms with E-state index in [1.165, 1.54) is 6.42 Å². The van der Waals surface area contributed by atoms with E-state index in [-0.39, 0.29) is 5.95 Å². The van der Waals surface area contributed by atoms with Crippen LogP contribution in [0.1, 0.15) is 26.7 Å². The molecule has 0 aliphatic carbocycles. The molecular formula is C11H17ClN4. The molecular weight excluding hydrogens is 224 g/mol. The van der Waals surface area contributed by atoms with Crippen LogP contribution in [0.15, 0.2) is 6.20 Å². The van der Waals surface area contributed by atoms with Gasteiger partial charge in [-0.1, -0.05) is 25.4 Å². The molecule has 2 heterocycles. The lowest BCUT2D eigenvalue weighted by molar-refractivity contribution is 0.292. The molecule has 1 aliphatic heterocycles. The summed E-state index contributed by atoms with van der Waals surface area (Å²) >= 11 is 6.10. The minimum absolute atomic E-state index is 0.280. The largest absolute Gasteiger partial charge is 0.368 e. The van der Waals surface area contributed by atoms with E-state index >= 15 is 0 Å². The number of hydrogen-bond acceptors (Lipinski definition) is 4. The van der Waals surface area contributed by atoms with Crippen LogP contribution in [0.5, 0.6) is 0 Å². The minimum Gasteiger partial charge on any atom is -0.368 e. The summed E-state index contributed by atoms with van der Waals surface area (Å²) in [5, 5.41) is 0.576. The van der Waals surface area contributed by atoms with Crippen molar-refractivity contribution in [1.29, 1.82) is 0 Å². The number of rotatable bonds is 1. The minimum atomic E-state index is 0.280. The highest BCUT2D eigenvalue weighted by atomic mass is 35.5. The molecule has 0 bridgehead atoms. The number of halogens is 1. The van der Waals surface area contributed by atoms with Crippen molar-refractivity contribution >= 4 is 23.4 Å². The first-order valence-electron chi connectivity index (χ1n) is 5.51. The summed E-state index contributed by atoms with van der Waals surface area (Å²) in [6, 6.07) is 0. The van der Waals surface area contributed by atoms with Crippen molar-refractivity contribution < 1.29 is 0 Å². The van der Waals surface area contributed by atoms with Crippen LogP contribution < -0.4 is 10.6 Å². The Morgan fingerprint density at radius 1 is 1.50 bits per heavy atom. The van der Waals surface area contributed by atoms with Crippen LogP contribution in [-0.4, -0.2) is 23.1 Å². The fourth-order valence-electron chi connectivity index (χ4n) is 2.20. The quantitative estimate of drug-likeness (QED) is 0.819. The second kappa shape index (κ2) is 4.09. The van der Waals surface area contributed by atoms with Gasteiger partial charge in [0, 0.05) is 13.1 Å². The summed E-state index contributed by atoms with van der Waals surface area (Å²) in [5.41, 5.74) is 5.90. The Bertz CT molecular complexity index is 392. The van der Waals surface area contributed by atoms with Crippen molar-refractivity contribution in [2.24, 2.45) is 5.41 Å². The first-order valence-corrected chi connectivity index (χ1v) is 5.89. The zero-order chi connectivity index (χ0) is 11.8. The van der Waals surface area contributed by atoms with Gasteiger partial charge in [0.25, 0.3) is 0 Å². The molecule has 1 aliphatic rings. The molecule has 2 rings (SSSR count). The maximum atomic E-state index is 6.10. The Hall–Kier alpha value is -1.03. The predicted octanol–water partition coefficient (Wildman–Crippen LogP) is 2.34. The highest BCUT2D eigenvalue weighted by Gasteiger charge is 2.28. The fourth-order valence-corrected chi connectivity index (χ4v) is 2.41. The Balaban J connectivity index is 2.26. The molecule has 0 saturated carbocycles. The van der Waals surface area contributed by atoms with E-state index in [9.17, 15) is 0 Å². The summed E-state index contributed by atoms with van der Waals surface area (Å²) in [5.74, 6) is 1.05. The molecule has 0 radical (unpaired) electrons. The zero-order valence-electron chi connectivity index (χ0n) is 9.70. The number of aromatic nitrogens is 2. The lowest BCUT2D eigenvalue weighted by atomic mass is 9.84. The summed E-state index contributed by atoms with van der Waals surface area (Å²) in [7, 11) is 0. The van der Waals surface area contributed by atoms with E-state index in [2.05, 4.69) is 28.7 Å². The molecule has 5 heteroatoms. The van der Waals surface area contributed by atoms with Gasteiger partial charge in [0.2, 0.25) is 5.95 Å². The Labute approximate surface area is 101 Å². The van der Waals surface area contributed by atoms with Crippen molar-refractivity contribution in [1.82, 2.24) is 9.97 Å². The van der Waals surface area contributed by atoms with Crippen LogP contribution in [0.25, 0.3) is 0 Å². The van der Waals surface area contributed by atoms with Gasteiger partial charge in [0.05, 0.1) is 6.20 Å². The molecule has 0 unspecified atom stereocenters. The second-order valence-electron chi connectivity index (χ2n) is 5.09. The predicted molar refractivity (Wildman–Crippen MR) is 66.7 cm³/mol. The maximum Gasteiger partial charge on any atom is 0.222 e. The van der Waals surface area contributed by atoms with Gasteiger partial charge in [-0.25, -0.2) is 4.98 Å². The Kier molecular flexibility index (Phi) is 2.93. The number of nitrogens with two attached hydrogens (primary N) is 1. The monoisotopic (exact) mass is 240 g/mol. The lowest BCUT2D eigenvalue weighted by Gasteiger charge is -2.38. The van der Waals surface area contributed by atoms with Crippen LogP contribution >= 0.6 is 11.6 Å². The molecule has 0 amide bonds. The van der Waals surface area contributed by atoms with Crippen LogP contribution in [-0.2, 0) is 0 Å². The molecule has 0 atom stereocenters. The van der Waals surface area contributed by atoms with Gasteiger partial charge in [-0.2, -0.15) is 4.98 Å². The number of anilines is 2. The molecule has 1 aromatic heterocycles. The van der Waals surface area contributed by atoms with Gasteiger partial charge < -0.3 is 10.6 Å². The fraction of sp³-hybridized carbons (Fsp3) is 0.636. The van der Waals surface area contributed by atoms with Gasteiger partial charge in [0.15, 0.2) is 5.82 Å². The highest BCUT2D eigenvalue weighted by molar-refractivity contribution is 6.32. The van der Waals surface area contributed by atoms with Crippen molar-refractivity contribution in [3.05, 3.63) is 11.2 Å². The second-order valence-corrected chi connectivity index (χ2v) is 5.50. The van der Waals surface area contributed by atoms with E-state index in [1.54, 1.807) is 6.20 Å². The Morgan fingerprint density at radius 2 is 2.25 bits per heavy atom. The first-order chi connectivity index (χ1) is 7.48. The number of nitrogens with zero attached hydrogens (tertiary/aromatic N) is 3. The first kappa shape index (κ1) is 11.5. The van der Waals surface area contributed by atoms with Crippen molar-refractivity contribution in [2.75, 3.05) is 23.7 Å². The highest BCUT2D eigenvalue weighted by Crippen LogP contribution is 2.33. The van der Waals surface area contributed by atoms with Crippen LogP contribution in [0.2, 0.25) is 5.02 Å². The van der Waals surface area contributed by atoms with Gasteiger partial charge in [-0.3, -0.25) is 0 Å². The average Bonchev–Trinajstić information content (AvgIpc) is 2.20. The summed E-state index contributed by atoms with van der Waals surface area (Å²) in [4.78, 5) is 10.3. The molecule has 1 aromatic rings. The SMILES string of the molecule is CC1(C)CCCN(c2nc(N)ncc2Cl)C1. The van der Waals surface area contributed by atoms with Gasteiger partial charge in [-0.15, -0.1) is 0 Å². The smallest absolute Gasteiger partial charge is 0.222 e. The van der Waals surface area contributed by atoms with Gasteiger partial charge in [0.1, 0.15) is 5.02 Å². The van der Waals surface area contributed by atoms with E-state index in [0.717, 1.165) is 25.3 Å². The van der Waals surface area contributed by atoms with Crippen molar-refractivity contribution in [2.45, 2.75) is 26.7 Å². The summed E-state index contributed by atoms with van der Waals surface area (Å²) in [6.07, 6.45) is 3.97. The maximum absolute atomic E-state index is 6.10. The molecule has 4 nitrogen and oxygen atoms in total. The molecule has 88 valence electrons. The van der Waals surface area contributed by atoms with E-state index in [4.69, 9.17) is 17.3 Å².